The molecular formula is C19H25N5O3S. The largest absolute Gasteiger partial charge is 0.454 e. The molecule has 0 bridgehead atoms. The molecule has 0 saturated carbocycles. The van der Waals surface area contributed by atoms with E-state index in [0.29, 0.717) is 24.0 Å². The highest BCUT2D eigenvalue weighted by Crippen LogP contribution is 2.34. The van der Waals surface area contributed by atoms with Crippen LogP contribution >= 0.6 is 11.8 Å². The fraction of sp³-hybridized carbons (Fsp3) is 0.526. The highest BCUT2D eigenvalue weighted by molar-refractivity contribution is 7.99. The summed E-state index contributed by atoms with van der Waals surface area (Å²) in [5.74, 6) is 3.63. The molecule has 1 amide bonds. The number of thioether (sulfide) groups is 1. The molecule has 0 radical (unpaired) electrons. The number of rotatable bonds is 6. The topological polar surface area (TPSA) is 81.5 Å². The molecule has 1 unspecified atom stereocenters. The minimum absolute atomic E-state index is 0.0280. The second-order valence-electron chi connectivity index (χ2n) is 7.02. The molecular weight excluding hydrogens is 378 g/mol. The van der Waals surface area contributed by atoms with Gasteiger partial charge in [-0.25, -0.2) is 0 Å². The zero-order valence-corrected chi connectivity index (χ0v) is 17.0. The number of carbonyl (C=O) groups is 1. The second kappa shape index (κ2) is 8.40. The number of aromatic nitrogens is 3. The van der Waals surface area contributed by atoms with Gasteiger partial charge in [-0.3, -0.25) is 9.69 Å². The summed E-state index contributed by atoms with van der Waals surface area (Å²) < 4.78 is 12.8. The highest BCUT2D eigenvalue weighted by Gasteiger charge is 2.27. The van der Waals surface area contributed by atoms with Crippen LogP contribution in [0.3, 0.4) is 0 Å². The van der Waals surface area contributed by atoms with Crippen LogP contribution in [0.25, 0.3) is 0 Å². The number of nitrogens with one attached hydrogen (secondary N) is 1. The fourth-order valence-electron chi connectivity index (χ4n) is 3.72. The predicted octanol–water partition coefficient (Wildman–Crippen LogP) is 2.47. The zero-order chi connectivity index (χ0) is 19.5. The maximum atomic E-state index is 12.5. The number of hydrogen-bond acceptors (Lipinski definition) is 7. The van der Waals surface area contributed by atoms with Gasteiger partial charge in [-0.05, 0) is 37.3 Å². The van der Waals surface area contributed by atoms with Crippen LogP contribution in [0.5, 0.6) is 11.5 Å². The second-order valence-corrected chi connectivity index (χ2v) is 8.25. The van der Waals surface area contributed by atoms with Crippen molar-refractivity contribution in [3.05, 3.63) is 24.0 Å². The van der Waals surface area contributed by atoms with Crippen molar-refractivity contribution in [2.75, 3.05) is 37.5 Å². The van der Waals surface area contributed by atoms with E-state index < -0.39 is 0 Å². The first-order valence-corrected chi connectivity index (χ1v) is 10.6. The van der Waals surface area contributed by atoms with Gasteiger partial charge in [-0.15, -0.1) is 10.2 Å². The Kier molecular flexibility index (Phi) is 5.72. The molecule has 1 aromatic heterocycles. The summed E-state index contributed by atoms with van der Waals surface area (Å²) >= 11 is 1.70. The predicted molar refractivity (Wildman–Crippen MR) is 107 cm³/mol. The first-order chi connectivity index (χ1) is 13.6. The van der Waals surface area contributed by atoms with E-state index in [2.05, 4.69) is 31.9 Å². The van der Waals surface area contributed by atoms with E-state index in [1.807, 2.05) is 19.2 Å². The monoisotopic (exact) mass is 403 g/mol. The van der Waals surface area contributed by atoms with Gasteiger partial charge < -0.3 is 19.4 Å². The van der Waals surface area contributed by atoms with Gasteiger partial charge in [0.25, 0.3) is 0 Å². The molecule has 2 aromatic rings. The molecule has 2 aliphatic rings. The van der Waals surface area contributed by atoms with Gasteiger partial charge in [0, 0.05) is 31.3 Å². The molecule has 28 heavy (non-hydrogen) atoms. The Hall–Kier alpha value is -2.26. The van der Waals surface area contributed by atoms with E-state index >= 15 is 0 Å². The Morgan fingerprint density at radius 1 is 1.32 bits per heavy atom. The SMILES string of the molecule is CCSc1nnc(C2CCCN(CC(=O)Nc3ccc4c(c3)OCO4)C2)n1C. The Morgan fingerprint density at radius 2 is 2.18 bits per heavy atom. The Labute approximate surface area is 168 Å². The Bertz CT molecular complexity index is 856. The van der Waals surface area contributed by atoms with Gasteiger partial charge >= 0.3 is 0 Å². The first-order valence-electron chi connectivity index (χ1n) is 9.58. The number of hydrogen-bond donors (Lipinski definition) is 1. The summed E-state index contributed by atoms with van der Waals surface area (Å²) in [6.07, 6.45) is 2.12. The summed E-state index contributed by atoms with van der Waals surface area (Å²) in [6.45, 7) is 4.43. The molecule has 1 aromatic carbocycles. The maximum absolute atomic E-state index is 12.5. The van der Waals surface area contributed by atoms with Crippen LogP contribution in [0.1, 0.15) is 31.5 Å². The fourth-order valence-corrected chi connectivity index (χ4v) is 4.37. The van der Waals surface area contributed by atoms with Crippen molar-refractivity contribution >= 4 is 23.4 Å². The Balaban J connectivity index is 1.35. The minimum Gasteiger partial charge on any atom is -0.454 e. The first kappa shape index (κ1) is 19.1. The average molecular weight is 404 g/mol. The number of piperidine rings is 1. The molecule has 1 atom stereocenters. The van der Waals surface area contributed by atoms with Crippen molar-refractivity contribution < 1.29 is 14.3 Å². The molecule has 1 fully saturated rings. The zero-order valence-electron chi connectivity index (χ0n) is 16.2. The number of amides is 1. The van der Waals surface area contributed by atoms with E-state index in [1.54, 1.807) is 17.8 Å². The minimum atomic E-state index is -0.0280. The van der Waals surface area contributed by atoms with Crippen molar-refractivity contribution in [2.24, 2.45) is 7.05 Å². The van der Waals surface area contributed by atoms with Gasteiger partial charge in [0.15, 0.2) is 16.7 Å². The summed E-state index contributed by atoms with van der Waals surface area (Å²) in [4.78, 5) is 14.7. The van der Waals surface area contributed by atoms with Crippen LogP contribution in [0.2, 0.25) is 0 Å². The van der Waals surface area contributed by atoms with E-state index in [1.165, 1.54) is 0 Å². The summed E-state index contributed by atoms with van der Waals surface area (Å²) in [5.41, 5.74) is 0.720. The molecule has 150 valence electrons. The van der Waals surface area contributed by atoms with E-state index in [9.17, 15) is 4.79 Å². The van der Waals surface area contributed by atoms with E-state index in [0.717, 1.165) is 48.4 Å². The van der Waals surface area contributed by atoms with Crippen molar-refractivity contribution in [1.29, 1.82) is 0 Å². The van der Waals surface area contributed by atoms with Gasteiger partial charge in [0.05, 0.1) is 6.54 Å². The molecule has 8 nitrogen and oxygen atoms in total. The van der Waals surface area contributed by atoms with Gasteiger partial charge in [0.2, 0.25) is 12.7 Å². The van der Waals surface area contributed by atoms with Crippen molar-refractivity contribution in [1.82, 2.24) is 19.7 Å². The molecule has 2 aliphatic heterocycles. The Morgan fingerprint density at radius 3 is 3.04 bits per heavy atom. The summed E-state index contributed by atoms with van der Waals surface area (Å²) in [5, 5.41) is 12.6. The lowest BCUT2D eigenvalue weighted by Crippen LogP contribution is -2.40. The number of anilines is 1. The average Bonchev–Trinajstić information content (AvgIpc) is 3.29. The molecule has 0 aliphatic carbocycles. The number of carbonyl (C=O) groups excluding carboxylic acids is 1. The third kappa shape index (κ3) is 4.10. The van der Waals surface area contributed by atoms with Crippen molar-refractivity contribution in [3.8, 4) is 11.5 Å². The van der Waals surface area contributed by atoms with Crippen LogP contribution in [-0.4, -0.2) is 57.8 Å². The third-order valence-corrected chi connectivity index (χ3v) is 5.94. The number of benzene rings is 1. The van der Waals surface area contributed by atoms with Crippen LogP contribution in [-0.2, 0) is 11.8 Å². The number of nitrogens with zero attached hydrogens (tertiary/aromatic N) is 4. The standard InChI is InChI=1S/C19H25N5O3S/c1-3-28-19-22-21-18(23(19)2)13-5-4-8-24(10-13)11-17(25)20-14-6-7-15-16(9-14)27-12-26-15/h6-7,9,13H,3-5,8,10-12H2,1-2H3,(H,20,25). The number of likely N-dealkylation sites (tertiary alicyclic amines) is 1. The lowest BCUT2D eigenvalue weighted by molar-refractivity contribution is -0.117. The molecule has 1 saturated heterocycles. The number of ether oxygens (including phenoxy) is 2. The molecule has 4 rings (SSSR count). The van der Waals surface area contributed by atoms with Crippen LogP contribution in [0.15, 0.2) is 23.4 Å². The van der Waals surface area contributed by atoms with Crippen molar-refractivity contribution in [3.63, 3.8) is 0 Å². The van der Waals surface area contributed by atoms with E-state index in [4.69, 9.17) is 9.47 Å². The summed E-state index contributed by atoms with van der Waals surface area (Å²) in [6, 6.07) is 5.44. The van der Waals surface area contributed by atoms with E-state index in [-0.39, 0.29) is 12.7 Å². The lowest BCUT2D eigenvalue weighted by atomic mass is 9.97. The molecule has 9 heteroatoms. The molecule has 0 spiro atoms. The molecule has 1 N–H and O–H groups in total. The van der Waals surface area contributed by atoms with Crippen LogP contribution in [0.4, 0.5) is 5.69 Å². The van der Waals surface area contributed by atoms with Gasteiger partial charge in [0.1, 0.15) is 5.82 Å². The lowest BCUT2D eigenvalue weighted by Gasteiger charge is -2.31. The third-order valence-electron chi connectivity index (χ3n) is 5.04. The number of fused-ring (bicyclic) bond motifs is 1. The van der Waals surface area contributed by atoms with Crippen LogP contribution < -0.4 is 14.8 Å². The normalized spacial score (nSPS) is 19.0. The van der Waals surface area contributed by atoms with Gasteiger partial charge in [-0.1, -0.05) is 18.7 Å². The van der Waals surface area contributed by atoms with Crippen molar-refractivity contribution in [2.45, 2.75) is 30.8 Å². The summed E-state index contributed by atoms with van der Waals surface area (Å²) in [7, 11) is 2.03. The quantitative estimate of drug-likeness (QED) is 0.742. The highest BCUT2D eigenvalue weighted by atomic mass is 32.2. The smallest absolute Gasteiger partial charge is 0.238 e. The maximum Gasteiger partial charge on any atom is 0.238 e. The molecule has 3 heterocycles. The van der Waals surface area contributed by atoms with Gasteiger partial charge in [-0.2, -0.15) is 0 Å². The van der Waals surface area contributed by atoms with Crippen LogP contribution in [0, 0.1) is 0 Å².